The molecule has 2 saturated heterocycles. The van der Waals surface area contributed by atoms with Crippen LogP contribution in [0.4, 0.5) is 16.0 Å². The van der Waals surface area contributed by atoms with E-state index in [0.29, 0.717) is 6.42 Å². The minimum Gasteiger partial charge on any atom is -0.354 e. The van der Waals surface area contributed by atoms with E-state index in [-0.39, 0.29) is 23.4 Å². The molecule has 2 fully saturated rings. The molecule has 2 aromatic carbocycles. The van der Waals surface area contributed by atoms with Crippen LogP contribution in [0.25, 0.3) is 17.0 Å². The number of rotatable bonds is 10. The lowest BCUT2D eigenvalue weighted by Crippen LogP contribution is -2.47. The van der Waals surface area contributed by atoms with Crippen molar-refractivity contribution in [3.63, 3.8) is 0 Å². The second-order valence-electron chi connectivity index (χ2n) is 12.2. The van der Waals surface area contributed by atoms with Crippen molar-refractivity contribution in [2.45, 2.75) is 37.1 Å². The summed E-state index contributed by atoms with van der Waals surface area (Å²) >= 11 is 0. The van der Waals surface area contributed by atoms with Crippen LogP contribution in [0.2, 0.25) is 0 Å². The monoisotopic (exact) mass is 655 g/mol. The summed E-state index contributed by atoms with van der Waals surface area (Å²) in [6, 6.07) is 23.6. The normalized spacial score (nSPS) is 17.5. The van der Waals surface area contributed by atoms with E-state index in [4.69, 9.17) is 14.3 Å². The molecule has 5 aromatic rings. The summed E-state index contributed by atoms with van der Waals surface area (Å²) in [7, 11) is -3.74. The van der Waals surface area contributed by atoms with Gasteiger partial charge in [0.25, 0.3) is 10.1 Å². The van der Waals surface area contributed by atoms with Crippen LogP contribution in [0.5, 0.6) is 0 Å². The number of hydrogen-bond acceptors (Lipinski definition) is 9. The van der Waals surface area contributed by atoms with Crippen LogP contribution in [-0.2, 0) is 14.3 Å². The Bertz CT molecular complexity index is 1960. The molecular weight excluding hydrogens is 617 g/mol. The maximum absolute atomic E-state index is 14.0. The molecule has 10 nitrogen and oxygen atoms in total. The molecule has 2 aliphatic heterocycles. The standard InChI is InChI=1S/C35H38FN7O3S/c1-26-11-13-29(14-12-26)47(44,45)46-23-5-17-40-19-21-41(22-20-40)34-10-3-8-30(38-34)32-25-37-33-15-16-35(39-43(32)33)42-18-4-9-31(42)27-6-2-7-28(36)24-27/h2-3,6-8,10-16,24-25,31H,4-5,9,17-23H2,1H3/t31-/m1/s1. The topological polar surface area (TPSA) is 96.2 Å². The molecule has 0 saturated carbocycles. The van der Waals surface area contributed by atoms with Gasteiger partial charge in [-0.25, -0.2) is 18.9 Å². The molecule has 0 unspecified atom stereocenters. The third-order valence-electron chi connectivity index (χ3n) is 8.99. The molecule has 12 heteroatoms. The average molecular weight is 656 g/mol. The Morgan fingerprint density at radius 3 is 2.53 bits per heavy atom. The molecule has 5 heterocycles. The van der Waals surface area contributed by atoms with Crippen molar-refractivity contribution < 1.29 is 17.0 Å². The summed E-state index contributed by atoms with van der Waals surface area (Å²) in [4.78, 5) is 16.6. The SMILES string of the molecule is Cc1ccc(S(=O)(=O)OCCCN2CCN(c3cccc(-c4cnc5ccc(N6CCC[C@@H]6c6cccc(F)c6)nn45)n3)CC2)cc1. The molecule has 244 valence electrons. The number of hydrogen-bond donors (Lipinski definition) is 0. The lowest BCUT2D eigenvalue weighted by Gasteiger charge is -2.35. The number of aryl methyl sites for hydroxylation is 1. The first-order valence-corrected chi connectivity index (χ1v) is 17.5. The number of benzene rings is 2. The van der Waals surface area contributed by atoms with Gasteiger partial charge in [0.2, 0.25) is 0 Å². The number of anilines is 2. The summed E-state index contributed by atoms with van der Waals surface area (Å²) in [6.07, 6.45) is 4.40. The van der Waals surface area contributed by atoms with Crippen molar-refractivity contribution in [2.24, 2.45) is 0 Å². The summed E-state index contributed by atoms with van der Waals surface area (Å²) < 4.78 is 46.1. The minimum atomic E-state index is -3.74. The minimum absolute atomic E-state index is 0.0713. The van der Waals surface area contributed by atoms with Crippen molar-refractivity contribution in [3.05, 3.63) is 102 Å². The highest BCUT2D eigenvalue weighted by Crippen LogP contribution is 2.36. The molecule has 7 rings (SSSR count). The highest BCUT2D eigenvalue weighted by molar-refractivity contribution is 7.86. The number of imidazole rings is 1. The Labute approximate surface area is 274 Å². The van der Waals surface area contributed by atoms with E-state index >= 15 is 0 Å². The van der Waals surface area contributed by atoms with Crippen LogP contribution in [0.3, 0.4) is 0 Å². The Kier molecular flexibility index (Phi) is 8.89. The summed E-state index contributed by atoms with van der Waals surface area (Å²) in [5.74, 6) is 1.50. The highest BCUT2D eigenvalue weighted by Gasteiger charge is 2.28. The predicted octanol–water partition coefficient (Wildman–Crippen LogP) is 5.50. The van der Waals surface area contributed by atoms with Gasteiger partial charge in [0.15, 0.2) is 5.65 Å². The molecule has 0 N–H and O–H groups in total. The Morgan fingerprint density at radius 1 is 0.915 bits per heavy atom. The van der Waals surface area contributed by atoms with Gasteiger partial charge in [0, 0.05) is 39.3 Å². The third-order valence-corrected chi connectivity index (χ3v) is 10.3. The first-order chi connectivity index (χ1) is 22.8. The van der Waals surface area contributed by atoms with Crippen LogP contribution in [0.15, 0.2) is 90.0 Å². The molecule has 1 atom stereocenters. The highest BCUT2D eigenvalue weighted by atomic mass is 32.2. The zero-order chi connectivity index (χ0) is 32.4. The largest absolute Gasteiger partial charge is 0.354 e. The van der Waals surface area contributed by atoms with Gasteiger partial charge in [-0.05, 0) is 80.3 Å². The average Bonchev–Trinajstić information content (AvgIpc) is 3.75. The van der Waals surface area contributed by atoms with Crippen molar-refractivity contribution in [1.29, 1.82) is 0 Å². The zero-order valence-electron chi connectivity index (χ0n) is 26.4. The van der Waals surface area contributed by atoms with E-state index in [1.165, 1.54) is 6.07 Å². The molecule has 2 aliphatic rings. The molecule has 0 radical (unpaired) electrons. The molecule has 0 aliphatic carbocycles. The van der Waals surface area contributed by atoms with Gasteiger partial charge in [-0.1, -0.05) is 35.9 Å². The van der Waals surface area contributed by atoms with E-state index < -0.39 is 10.1 Å². The van der Waals surface area contributed by atoms with Crippen molar-refractivity contribution in [3.8, 4) is 11.4 Å². The van der Waals surface area contributed by atoms with Gasteiger partial charge in [-0.15, -0.1) is 5.10 Å². The van der Waals surface area contributed by atoms with Gasteiger partial charge in [-0.2, -0.15) is 8.42 Å². The fourth-order valence-electron chi connectivity index (χ4n) is 6.47. The van der Waals surface area contributed by atoms with Crippen molar-refractivity contribution >= 4 is 27.4 Å². The smallest absolute Gasteiger partial charge is 0.296 e. The fourth-order valence-corrected chi connectivity index (χ4v) is 7.41. The van der Waals surface area contributed by atoms with E-state index in [9.17, 15) is 12.8 Å². The Hall–Kier alpha value is -4.39. The van der Waals surface area contributed by atoms with Gasteiger partial charge < -0.3 is 9.80 Å². The molecule has 0 spiro atoms. The number of halogens is 1. The van der Waals surface area contributed by atoms with Crippen LogP contribution in [0, 0.1) is 12.7 Å². The number of nitrogens with zero attached hydrogens (tertiary/aromatic N) is 7. The van der Waals surface area contributed by atoms with E-state index in [1.54, 1.807) is 36.4 Å². The number of aromatic nitrogens is 4. The van der Waals surface area contributed by atoms with Crippen LogP contribution >= 0.6 is 0 Å². The first kappa shape index (κ1) is 31.2. The van der Waals surface area contributed by atoms with Gasteiger partial charge >= 0.3 is 0 Å². The number of fused-ring (bicyclic) bond motifs is 1. The maximum Gasteiger partial charge on any atom is 0.296 e. The van der Waals surface area contributed by atoms with Crippen molar-refractivity contribution in [2.75, 3.05) is 55.7 Å². The first-order valence-electron chi connectivity index (χ1n) is 16.1. The fraction of sp³-hybridized carbons (Fsp3) is 0.343. The van der Waals surface area contributed by atoms with E-state index in [2.05, 4.69) is 19.7 Å². The second kappa shape index (κ2) is 13.4. The second-order valence-corrected chi connectivity index (χ2v) is 13.8. The molecule has 3 aromatic heterocycles. The summed E-state index contributed by atoms with van der Waals surface area (Å²) in [5, 5.41) is 4.99. The van der Waals surface area contributed by atoms with E-state index in [1.807, 2.05) is 54.0 Å². The summed E-state index contributed by atoms with van der Waals surface area (Å²) in [5.41, 5.74) is 4.30. The third kappa shape index (κ3) is 6.85. The summed E-state index contributed by atoms with van der Waals surface area (Å²) in [6.45, 7) is 6.99. The predicted molar refractivity (Wildman–Crippen MR) is 180 cm³/mol. The molecule has 0 amide bonds. The Balaban J connectivity index is 0.980. The lowest BCUT2D eigenvalue weighted by molar-refractivity contribution is 0.226. The van der Waals surface area contributed by atoms with Crippen LogP contribution < -0.4 is 9.80 Å². The number of pyridine rings is 1. The van der Waals surface area contributed by atoms with Gasteiger partial charge in [0.05, 0.1) is 29.4 Å². The molecule has 47 heavy (non-hydrogen) atoms. The molecular formula is C35H38FN7O3S. The number of piperazine rings is 1. The van der Waals surface area contributed by atoms with Crippen LogP contribution in [0.1, 0.15) is 36.4 Å². The van der Waals surface area contributed by atoms with E-state index in [0.717, 1.165) is 91.9 Å². The van der Waals surface area contributed by atoms with Crippen LogP contribution in [-0.4, -0.2) is 78.8 Å². The van der Waals surface area contributed by atoms with Gasteiger partial charge in [-0.3, -0.25) is 9.08 Å². The molecule has 0 bridgehead atoms. The maximum atomic E-state index is 14.0. The Morgan fingerprint density at radius 2 is 1.72 bits per heavy atom. The lowest BCUT2D eigenvalue weighted by atomic mass is 10.0. The quantitative estimate of drug-likeness (QED) is 0.143. The van der Waals surface area contributed by atoms with Crippen molar-refractivity contribution in [1.82, 2.24) is 24.5 Å². The zero-order valence-corrected chi connectivity index (χ0v) is 27.2. The van der Waals surface area contributed by atoms with Gasteiger partial charge in [0.1, 0.15) is 23.1 Å².